The summed E-state index contributed by atoms with van der Waals surface area (Å²) in [5.41, 5.74) is 2.45. The van der Waals surface area contributed by atoms with Gasteiger partial charge in [0, 0.05) is 33.2 Å². The molecule has 0 unspecified atom stereocenters. The number of carbonyl (C=O) groups excluding carboxylic acids is 1. The van der Waals surface area contributed by atoms with Gasteiger partial charge < -0.3 is 19.1 Å². The number of aromatic nitrogens is 3. The van der Waals surface area contributed by atoms with Crippen LogP contribution in [0.1, 0.15) is 20.8 Å². The molecule has 2 aromatic heterocycles. The number of piperazine rings is 1. The van der Waals surface area contributed by atoms with Gasteiger partial charge in [0.25, 0.3) is 0 Å². The van der Waals surface area contributed by atoms with E-state index in [2.05, 4.69) is 33.1 Å². The number of aryl methyl sites for hydroxylation is 1. The molecule has 3 heterocycles. The van der Waals surface area contributed by atoms with E-state index >= 15 is 0 Å². The first-order valence-electron chi connectivity index (χ1n) is 10.0. The van der Waals surface area contributed by atoms with E-state index in [1.807, 2.05) is 50.6 Å². The van der Waals surface area contributed by atoms with Crippen LogP contribution >= 0.6 is 11.6 Å². The average molecular weight is 428 g/mol. The monoisotopic (exact) mass is 427 g/mol. The molecule has 0 saturated carbocycles. The molecular weight excluding hydrogens is 402 g/mol. The zero-order chi connectivity index (χ0) is 21.5. The fourth-order valence-electron chi connectivity index (χ4n) is 3.71. The molecule has 1 aromatic carbocycles. The van der Waals surface area contributed by atoms with Crippen molar-refractivity contribution < 1.29 is 9.53 Å². The third-order valence-electron chi connectivity index (χ3n) is 5.14. The van der Waals surface area contributed by atoms with Crippen LogP contribution in [0.5, 0.6) is 0 Å². The smallest absolute Gasteiger partial charge is 0.410 e. The van der Waals surface area contributed by atoms with E-state index in [1.165, 1.54) is 0 Å². The van der Waals surface area contributed by atoms with Gasteiger partial charge in [-0.1, -0.05) is 30.3 Å². The third-order valence-corrected chi connectivity index (χ3v) is 5.31. The quantitative estimate of drug-likeness (QED) is 0.569. The third kappa shape index (κ3) is 4.07. The number of fused-ring (bicyclic) bond motifs is 1. The zero-order valence-electron chi connectivity index (χ0n) is 17.7. The Morgan fingerprint density at radius 2 is 1.73 bits per heavy atom. The number of amides is 1. The Morgan fingerprint density at radius 1 is 1.07 bits per heavy atom. The molecular formula is C22H26ClN5O2. The maximum atomic E-state index is 12.4. The molecule has 8 heteroatoms. The lowest BCUT2D eigenvalue weighted by Gasteiger charge is -2.36. The van der Waals surface area contributed by atoms with E-state index in [0.29, 0.717) is 26.2 Å². The summed E-state index contributed by atoms with van der Waals surface area (Å²) in [7, 11) is 1.98. The molecule has 0 radical (unpaired) electrons. The van der Waals surface area contributed by atoms with E-state index in [-0.39, 0.29) is 11.4 Å². The molecule has 0 aliphatic carbocycles. The van der Waals surface area contributed by atoms with Crippen molar-refractivity contribution in [3.63, 3.8) is 0 Å². The summed E-state index contributed by atoms with van der Waals surface area (Å²) in [6.45, 7) is 8.06. The standard InChI is InChI=1S/C22H26ClN5O2/c1-22(2,3)30-21(29)28-12-10-27(11-13-28)19-16-14-17(15-8-6-5-7-9-15)26(4)18(16)24-20(23)25-19/h5-9,14H,10-13H2,1-4H3. The summed E-state index contributed by atoms with van der Waals surface area (Å²) in [5, 5.41) is 1.17. The number of rotatable bonds is 2. The number of carbonyl (C=O) groups is 1. The number of halogens is 1. The molecule has 158 valence electrons. The number of nitrogens with zero attached hydrogens (tertiary/aromatic N) is 5. The zero-order valence-corrected chi connectivity index (χ0v) is 18.5. The lowest BCUT2D eigenvalue weighted by Crippen LogP contribution is -2.50. The van der Waals surface area contributed by atoms with Crippen molar-refractivity contribution in [2.24, 2.45) is 7.05 Å². The van der Waals surface area contributed by atoms with Crippen LogP contribution in [-0.4, -0.2) is 57.3 Å². The van der Waals surface area contributed by atoms with Crippen molar-refractivity contribution >= 4 is 34.5 Å². The Labute approximate surface area is 181 Å². The van der Waals surface area contributed by atoms with Gasteiger partial charge in [0.1, 0.15) is 17.1 Å². The Kier molecular flexibility index (Phi) is 5.32. The maximum absolute atomic E-state index is 12.4. The first-order valence-corrected chi connectivity index (χ1v) is 10.4. The van der Waals surface area contributed by atoms with Crippen molar-refractivity contribution in [1.82, 2.24) is 19.4 Å². The van der Waals surface area contributed by atoms with Crippen molar-refractivity contribution in [3.05, 3.63) is 41.7 Å². The minimum Gasteiger partial charge on any atom is -0.444 e. The summed E-state index contributed by atoms with van der Waals surface area (Å²) in [4.78, 5) is 25.3. The van der Waals surface area contributed by atoms with Gasteiger partial charge in [0.15, 0.2) is 0 Å². The maximum Gasteiger partial charge on any atom is 0.410 e. The first kappa shape index (κ1) is 20.5. The van der Waals surface area contributed by atoms with Crippen molar-refractivity contribution in [1.29, 1.82) is 0 Å². The predicted octanol–water partition coefficient (Wildman–Crippen LogP) is 4.35. The Morgan fingerprint density at radius 3 is 2.37 bits per heavy atom. The molecule has 1 saturated heterocycles. The van der Waals surface area contributed by atoms with Crippen LogP contribution in [0.15, 0.2) is 36.4 Å². The van der Waals surface area contributed by atoms with E-state index in [0.717, 1.165) is 28.1 Å². The van der Waals surface area contributed by atoms with Gasteiger partial charge in [-0.3, -0.25) is 0 Å². The number of benzene rings is 1. The van der Waals surface area contributed by atoms with Crippen molar-refractivity contribution in [2.75, 3.05) is 31.1 Å². The van der Waals surface area contributed by atoms with E-state index < -0.39 is 5.60 Å². The Bertz CT molecular complexity index is 1070. The van der Waals surface area contributed by atoms with Crippen molar-refractivity contribution in [3.8, 4) is 11.3 Å². The van der Waals surface area contributed by atoms with Gasteiger partial charge in [-0.15, -0.1) is 0 Å². The van der Waals surface area contributed by atoms with Crippen LogP contribution < -0.4 is 4.90 Å². The molecule has 30 heavy (non-hydrogen) atoms. The molecule has 0 atom stereocenters. The topological polar surface area (TPSA) is 63.5 Å². The molecule has 1 aliphatic rings. The summed E-state index contributed by atoms with van der Waals surface area (Å²) in [6, 6.07) is 12.3. The predicted molar refractivity (Wildman–Crippen MR) is 119 cm³/mol. The van der Waals surface area contributed by atoms with E-state index in [9.17, 15) is 4.79 Å². The second-order valence-corrected chi connectivity index (χ2v) is 8.80. The summed E-state index contributed by atoms with van der Waals surface area (Å²) >= 11 is 6.28. The van der Waals surface area contributed by atoms with Gasteiger partial charge in [0.05, 0.1) is 11.1 Å². The molecule has 4 rings (SSSR count). The van der Waals surface area contributed by atoms with Crippen molar-refractivity contribution in [2.45, 2.75) is 26.4 Å². The minimum atomic E-state index is -0.502. The van der Waals surface area contributed by atoms with Crippen LogP contribution in [0.4, 0.5) is 10.6 Å². The number of hydrogen-bond donors (Lipinski definition) is 0. The second kappa shape index (κ2) is 7.80. The number of anilines is 1. The lowest BCUT2D eigenvalue weighted by atomic mass is 10.1. The van der Waals surface area contributed by atoms with Gasteiger partial charge >= 0.3 is 6.09 Å². The first-order chi connectivity index (χ1) is 14.2. The highest BCUT2D eigenvalue weighted by Crippen LogP contribution is 2.33. The van der Waals surface area contributed by atoms with Gasteiger partial charge in [0.2, 0.25) is 5.28 Å². The normalized spacial score (nSPS) is 15.0. The summed E-state index contributed by atoms with van der Waals surface area (Å²) < 4.78 is 7.53. The van der Waals surface area contributed by atoms with Crippen LogP contribution in [0.3, 0.4) is 0 Å². The van der Waals surface area contributed by atoms with Crippen LogP contribution in [-0.2, 0) is 11.8 Å². The fourth-order valence-corrected chi connectivity index (χ4v) is 3.87. The average Bonchev–Trinajstić information content (AvgIpc) is 3.03. The minimum absolute atomic E-state index is 0.216. The Balaban J connectivity index is 1.62. The molecule has 1 fully saturated rings. The molecule has 0 bridgehead atoms. The molecule has 1 aliphatic heterocycles. The van der Waals surface area contributed by atoms with Crippen LogP contribution in [0, 0.1) is 0 Å². The molecule has 3 aromatic rings. The van der Waals surface area contributed by atoms with Gasteiger partial charge in [-0.25, -0.2) is 4.79 Å². The van der Waals surface area contributed by atoms with Gasteiger partial charge in [-0.2, -0.15) is 9.97 Å². The molecule has 0 spiro atoms. The summed E-state index contributed by atoms with van der Waals surface area (Å²) in [5.74, 6) is 0.798. The Hall–Kier alpha value is -2.80. The van der Waals surface area contributed by atoms with E-state index in [4.69, 9.17) is 16.3 Å². The largest absolute Gasteiger partial charge is 0.444 e. The number of hydrogen-bond acceptors (Lipinski definition) is 5. The SMILES string of the molecule is Cn1c(-c2ccccc2)cc2c(N3CCN(C(=O)OC(C)(C)C)CC3)nc(Cl)nc21. The van der Waals surface area contributed by atoms with Crippen LogP contribution in [0.2, 0.25) is 5.28 Å². The molecule has 0 N–H and O–H groups in total. The fraction of sp³-hybridized carbons (Fsp3) is 0.409. The highest BCUT2D eigenvalue weighted by atomic mass is 35.5. The highest BCUT2D eigenvalue weighted by Gasteiger charge is 2.28. The molecule has 1 amide bonds. The van der Waals surface area contributed by atoms with Gasteiger partial charge in [-0.05, 0) is 44.0 Å². The second-order valence-electron chi connectivity index (χ2n) is 8.46. The van der Waals surface area contributed by atoms with Crippen LogP contribution in [0.25, 0.3) is 22.3 Å². The number of ether oxygens (including phenoxy) is 1. The summed E-state index contributed by atoms with van der Waals surface area (Å²) in [6.07, 6.45) is -0.279. The highest BCUT2D eigenvalue weighted by molar-refractivity contribution is 6.28. The van der Waals surface area contributed by atoms with E-state index in [1.54, 1.807) is 4.90 Å². The molecule has 7 nitrogen and oxygen atoms in total. The lowest BCUT2D eigenvalue weighted by molar-refractivity contribution is 0.0240.